The minimum atomic E-state index is -1.76. The van der Waals surface area contributed by atoms with Gasteiger partial charge in [0.25, 0.3) is 17.7 Å². The van der Waals surface area contributed by atoms with Gasteiger partial charge in [-0.2, -0.15) is 0 Å². The van der Waals surface area contributed by atoms with E-state index >= 15 is 0 Å². The van der Waals surface area contributed by atoms with E-state index in [-0.39, 0.29) is 24.9 Å². The number of hydrogen-bond acceptors (Lipinski definition) is 7. The van der Waals surface area contributed by atoms with E-state index in [1.165, 1.54) is 17.0 Å². The number of aliphatic hydroxyl groups excluding tert-OH is 1. The van der Waals surface area contributed by atoms with Crippen molar-refractivity contribution in [1.29, 1.82) is 5.41 Å². The maximum atomic E-state index is 13.2. The molecule has 11 nitrogen and oxygen atoms in total. The Hall–Kier alpha value is -3.80. The molecular weight excluding hydrogens is 466 g/mol. The quantitative estimate of drug-likeness (QED) is 0.335. The predicted molar refractivity (Wildman–Crippen MR) is 132 cm³/mol. The molecule has 0 aliphatic carbocycles. The van der Waals surface area contributed by atoms with Crippen molar-refractivity contribution in [3.63, 3.8) is 0 Å². The Bertz CT molecular complexity index is 1160. The van der Waals surface area contributed by atoms with Gasteiger partial charge in [0.1, 0.15) is 5.84 Å². The molecule has 3 amide bonds. The second-order valence-electron chi connectivity index (χ2n) is 8.67. The normalized spacial score (nSPS) is 19.1. The molecule has 2 saturated heterocycles. The number of nitrogens with one attached hydrogen (secondary N) is 2. The molecule has 0 aromatic heterocycles. The smallest absolute Gasteiger partial charge is 0.259 e. The molecule has 190 valence electrons. The summed E-state index contributed by atoms with van der Waals surface area (Å²) >= 11 is 0. The van der Waals surface area contributed by atoms with Gasteiger partial charge in [0.05, 0.1) is 19.8 Å². The molecule has 2 unspecified atom stereocenters. The second-order valence-corrected chi connectivity index (χ2v) is 8.67. The van der Waals surface area contributed by atoms with Crippen LogP contribution in [-0.4, -0.2) is 85.2 Å². The number of ether oxygens (including phenoxy) is 2. The van der Waals surface area contributed by atoms with Crippen LogP contribution in [0, 0.1) is 12.3 Å². The highest BCUT2D eigenvalue weighted by atomic mass is 16.5. The summed E-state index contributed by atoms with van der Waals surface area (Å²) in [6.45, 7) is 4.11. The lowest BCUT2D eigenvalue weighted by Crippen LogP contribution is -2.55. The van der Waals surface area contributed by atoms with Crippen molar-refractivity contribution in [2.45, 2.75) is 19.1 Å². The molecule has 2 atom stereocenters. The topological polar surface area (TPSA) is 158 Å². The van der Waals surface area contributed by atoms with Crippen molar-refractivity contribution in [3.05, 3.63) is 59.2 Å². The van der Waals surface area contributed by atoms with Gasteiger partial charge in [0, 0.05) is 42.1 Å². The number of benzene rings is 2. The SMILES string of the molecule is Cc1cc(C(=O)N2CCOCC2)cc(N2CCOC(C(O)C(=O)Nc3ccc(C(=N)N)cc3)C2=O)c1. The summed E-state index contributed by atoms with van der Waals surface area (Å²) in [5.41, 5.74) is 8.04. The molecule has 36 heavy (non-hydrogen) atoms. The van der Waals surface area contributed by atoms with Crippen molar-refractivity contribution in [2.75, 3.05) is 49.7 Å². The molecule has 2 aromatic carbocycles. The lowest BCUT2D eigenvalue weighted by atomic mass is 10.1. The Morgan fingerprint density at radius 2 is 1.78 bits per heavy atom. The maximum Gasteiger partial charge on any atom is 0.259 e. The number of carbonyl (C=O) groups is 3. The second kappa shape index (κ2) is 10.9. The molecule has 0 saturated carbocycles. The lowest BCUT2D eigenvalue weighted by Gasteiger charge is -2.34. The average Bonchev–Trinajstić information content (AvgIpc) is 2.88. The van der Waals surface area contributed by atoms with Crippen molar-refractivity contribution in [1.82, 2.24) is 4.90 Å². The molecular formula is C25H29N5O6. The molecule has 2 aliphatic heterocycles. The van der Waals surface area contributed by atoms with Gasteiger partial charge in [0.2, 0.25) is 0 Å². The number of amides is 3. The van der Waals surface area contributed by atoms with Gasteiger partial charge in [0.15, 0.2) is 12.2 Å². The minimum Gasteiger partial charge on any atom is -0.384 e. The van der Waals surface area contributed by atoms with Gasteiger partial charge in [-0.15, -0.1) is 0 Å². The summed E-state index contributed by atoms with van der Waals surface area (Å²) < 4.78 is 10.8. The van der Waals surface area contributed by atoms with Crippen LogP contribution in [0.4, 0.5) is 11.4 Å². The zero-order valence-corrected chi connectivity index (χ0v) is 19.9. The highest BCUT2D eigenvalue weighted by molar-refractivity contribution is 6.05. The van der Waals surface area contributed by atoms with E-state index in [1.54, 1.807) is 35.2 Å². The third kappa shape index (κ3) is 5.54. The van der Waals surface area contributed by atoms with E-state index < -0.39 is 24.0 Å². The zero-order chi connectivity index (χ0) is 25.8. The Labute approximate surface area is 208 Å². The van der Waals surface area contributed by atoms with E-state index in [0.29, 0.717) is 48.8 Å². The lowest BCUT2D eigenvalue weighted by molar-refractivity contribution is -0.150. The Morgan fingerprint density at radius 1 is 1.08 bits per heavy atom. The van der Waals surface area contributed by atoms with Crippen molar-refractivity contribution < 1.29 is 29.0 Å². The number of hydrogen-bond donors (Lipinski definition) is 4. The third-order valence-corrected chi connectivity index (χ3v) is 6.06. The van der Waals surface area contributed by atoms with Crippen LogP contribution in [0.25, 0.3) is 0 Å². The fourth-order valence-electron chi connectivity index (χ4n) is 4.17. The van der Waals surface area contributed by atoms with Crippen LogP contribution < -0.4 is 16.0 Å². The van der Waals surface area contributed by atoms with Crippen LogP contribution >= 0.6 is 0 Å². The molecule has 2 heterocycles. The average molecular weight is 496 g/mol. The summed E-state index contributed by atoms with van der Waals surface area (Å²) in [5, 5.41) is 20.6. The summed E-state index contributed by atoms with van der Waals surface area (Å²) in [6.07, 6.45) is -3.17. The summed E-state index contributed by atoms with van der Waals surface area (Å²) in [7, 11) is 0. The minimum absolute atomic E-state index is 0.106. The Kier molecular flexibility index (Phi) is 7.63. The van der Waals surface area contributed by atoms with E-state index in [0.717, 1.165) is 5.56 Å². The molecule has 4 rings (SSSR count). The molecule has 2 aliphatic rings. The zero-order valence-electron chi connectivity index (χ0n) is 19.9. The summed E-state index contributed by atoms with van der Waals surface area (Å²) in [5.74, 6) is -1.64. The van der Waals surface area contributed by atoms with Gasteiger partial charge in [-0.3, -0.25) is 19.8 Å². The number of carbonyl (C=O) groups excluding carboxylic acids is 3. The van der Waals surface area contributed by atoms with Crippen LogP contribution in [0.15, 0.2) is 42.5 Å². The summed E-state index contributed by atoms with van der Waals surface area (Å²) in [4.78, 5) is 42.0. The van der Waals surface area contributed by atoms with Gasteiger partial charge in [-0.1, -0.05) is 0 Å². The number of nitrogens with zero attached hydrogens (tertiary/aromatic N) is 2. The number of rotatable bonds is 6. The predicted octanol–water partition coefficient (Wildman–Crippen LogP) is 0.483. The van der Waals surface area contributed by atoms with Crippen LogP contribution in [0.3, 0.4) is 0 Å². The van der Waals surface area contributed by atoms with Crippen molar-refractivity contribution in [3.8, 4) is 0 Å². The van der Waals surface area contributed by atoms with Gasteiger partial charge in [-0.05, 0) is 55.0 Å². The number of morpholine rings is 2. The number of amidine groups is 1. The highest BCUT2D eigenvalue weighted by Gasteiger charge is 2.39. The standard InChI is InChI=1S/C25H29N5O6/c1-15-12-17(24(33)29-6-9-35-10-7-29)14-19(13-15)30-8-11-36-21(25(30)34)20(31)23(32)28-18-4-2-16(3-5-18)22(26)27/h2-5,12-14,20-21,31H,6-11H2,1H3,(H3,26,27)(H,28,32). The monoisotopic (exact) mass is 495 g/mol. The molecule has 5 N–H and O–H groups in total. The maximum absolute atomic E-state index is 13.2. The van der Waals surface area contributed by atoms with Crippen molar-refractivity contribution in [2.24, 2.45) is 5.73 Å². The number of nitrogen functional groups attached to an aromatic ring is 1. The first-order valence-corrected chi connectivity index (χ1v) is 11.6. The first-order chi connectivity index (χ1) is 17.2. The molecule has 11 heteroatoms. The van der Waals surface area contributed by atoms with Gasteiger partial charge in [-0.25, -0.2) is 0 Å². The Morgan fingerprint density at radius 3 is 2.44 bits per heavy atom. The van der Waals surface area contributed by atoms with E-state index in [2.05, 4.69) is 5.32 Å². The molecule has 2 aromatic rings. The molecule has 2 fully saturated rings. The van der Waals surface area contributed by atoms with Crippen LogP contribution in [0.5, 0.6) is 0 Å². The fourth-order valence-corrected chi connectivity index (χ4v) is 4.17. The third-order valence-electron chi connectivity index (χ3n) is 6.06. The first-order valence-electron chi connectivity index (χ1n) is 11.6. The van der Waals surface area contributed by atoms with Gasteiger partial charge < -0.3 is 35.4 Å². The van der Waals surface area contributed by atoms with Crippen molar-refractivity contribution >= 4 is 34.9 Å². The highest BCUT2D eigenvalue weighted by Crippen LogP contribution is 2.25. The molecule has 0 bridgehead atoms. The van der Waals surface area contributed by atoms with Crippen LogP contribution in [0.2, 0.25) is 0 Å². The Balaban J connectivity index is 1.48. The first kappa shape index (κ1) is 25.3. The summed E-state index contributed by atoms with van der Waals surface area (Å²) in [6, 6.07) is 11.4. The van der Waals surface area contributed by atoms with E-state index in [9.17, 15) is 19.5 Å². The molecule has 0 spiro atoms. The van der Waals surface area contributed by atoms with Gasteiger partial charge >= 0.3 is 0 Å². The largest absolute Gasteiger partial charge is 0.384 e. The fraction of sp³-hybridized carbons (Fsp3) is 0.360. The van der Waals surface area contributed by atoms with Crippen LogP contribution in [0.1, 0.15) is 21.5 Å². The van der Waals surface area contributed by atoms with E-state index in [4.69, 9.17) is 20.6 Å². The molecule has 0 radical (unpaired) electrons. The van der Waals surface area contributed by atoms with E-state index in [1.807, 2.05) is 6.92 Å². The number of anilines is 2. The number of aryl methyl sites for hydroxylation is 1. The van der Waals surface area contributed by atoms with Crippen LogP contribution in [-0.2, 0) is 19.1 Å². The number of aliphatic hydroxyl groups is 1. The number of nitrogens with two attached hydrogens (primary N) is 1.